The lowest BCUT2D eigenvalue weighted by atomic mass is 9.89. The first-order valence-corrected chi connectivity index (χ1v) is 9.56. The van der Waals surface area contributed by atoms with E-state index in [9.17, 15) is 9.59 Å². The van der Waals surface area contributed by atoms with Crippen molar-refractivity contribution < 1.29 is 14.0 Å². The molecule has 0 bridgehead atoms. The van der Waals surface area contributed by atoms with Crippen LogP contribution >= 0.6 is 11.8 Å². The fraction of sp³-hybridized carbons (Fsp3) is 0.750. The summed E-state index contributed by atoms with van der Waals surface area (Å²) in [4.78, 5) is 25.1. The Bertz CT molecular complexity index is 610. The fourth-order valence-corrected chi connectivity index (χ4v) is 3.89. The summed E-state index contributed by atoms with van der Waals surface area (Å²) in [5, 5.41) is 11.5. The van der Waals surface area contributed by atoms with Gasteiger partial charge in [0.2, 0.25) is 5.89 Å². The Balaban J connectivity index is 1.43. The molecule has 1 N–H and O–H groups in total. The SMILES string of the molecule is CC1(C)NC(=O)N(CCCSc2nnc(C3CCCCC3)o2)C1=O. The Labute approximate surface area is 145 Å². The molecule has 0 atom stereocenters. The maximum Gasteiger partial charge on any atom is 0.325 e. The summed E-state index contributed by atoms with van der Waals surface area (Å²) in [5.74, 6) is 1.72. The van der Waals surface area contributed by atoms with Crippen molar-refractivity contribution in [1.29, 1.82) is 0 Å². The van der Waals surface area contributed by atoms with Gasteiger partial charge in [-0.2, -0.15) is 0 Å². The lowest BCUT2D eigenvalue weighted by Gasteiger charge is -2.17. The number of aromatic nitrogens is 2. The molecule has 2 heterocycles. The molecule has 0 unspecified atom stereocenters. The number of amides is 3. The van der Waals surface area contributed by atoms with Crippen molar-refractivity contribution in [2.75, 3.05) is 12.3 Å². The second-order valence-corrected chi connectivity index (χ2v) is 8.00. The Kier molecular flexibility index (Phi) is 5.12. The van der Waals surface area contributed by atoms with E-state index in [0.29, 0.717) is 24.1 Å². The number of carbonyl (C=O) groups is 2. The maximum absolute atomic E-state index is 12.1. The number of nitrogens with one attached hydrogen (secondary N) is 1. The normalized spacial score (nSPS) is 21.3. The third-order valence-electron chi connectivity index (χ3n) is 4.57. The van der Waals surface area contributed by atoms with E-state index < -0.39 is 5.54 Å². The highest BCUT2D eigenvalue weighted by atomic mass is 32.2. The van der Waals surface area contributed by atoms with Gasteiger partial charge in [-0.05, 0) is 33.1 Å². The van der Waals surface area contributed by atoms with E-state index in [1.54, 1.807) is 13.8 Å². The number of carbonyl (C=O) groups excluding carboxylic acids is 2. The topological polar surface area (TPSA) is 88.3 Å². The van der Waals surface area contributed by atoms with Gasteiger partial charge in [0.1, 0.15) is 5.54 Å². The summed E-state index contributed by atoms with van der Waals surface area (Å²) in [5.41, 5.74) is -0.800. The van der Waals surface area contributed by atoms with Gasteiger partial charge in [0.05, 0.1) is 0 Å². The first-order valence-electron chi connectivity index (χ1n) is 8.58. The summed E-state index contributed by atoms with van der Waals surface area (Å²) < 4.78 is 5.75. The number of thioether (sulfide) groups is 1. The van der Waals surface area contributed by atoms with Crippen LogP contribution in [0.4, 0.5) is 4.79 Å². The lowest BCUT2D eigenvalue weighted by molar-refractivity contribution is -0.130. The van der Waals surface area contributed by atoms with Gasteiger partial charge in [-0.3, -0.25) is 9.69 Å². The van der Waals surface area contributed by atoms with Crippen LogP contribution in [0.3, 0.4) is 0 Å². The minimum Gasteiger partial charge on any atom is -0.416 e. The molecule has 132 valence electrons. The number of imide groups is 1. The molecule has 0 radical (unpaired) electrons. The molecule has 3 amide bonds. The summed E-state index contributed by atoms with van der Waals surface area (Å²) >= 11 is 1.48. The van der Waals surface area contributed by atoms with E-state index in [1.807, 2.05) is 0 Å². The smallest absolute Gasteiger partial charge is 0.325 e. The van der Waals surface area contributed by atoms with Crippen molar-refractivity contribution in [3.05, 3.63) is 5.89 Å². The third kappa shape index (κ3) is 3.74. The molecule has 1 aliphatic heterocycles. The van der Waals surface area contributed by atoms with Crippen molar-refractivity contribution in [1.82, 2.24) is 20.4 Å². The highest BCUT2D eigenvalue weighted by Gasteiger charge is 2.43. The van der Waals surface area contributed by atoms with Gasteiger partial charge in [-0.15, -0.1) is 10.2 Å². The molecule has 1 aliphatic carbocycles. The van der Waals surface area contributed by atoms with Gasteiger partial charge in [0, 0.05) is 18.2 Å². The number of hydrogen-bond donors (Lipinski definition) is 1. The van der Waals surface area contributed by atoms with Crippen molar-refractivity contribution >= 4 is 23.7 Å². The van der Waals surface area contributed by atoms with Crippen molar-refractivity contribution in [2.45, 2.75) is 69.1 Å². The van der Waals surface area contributed by atoms with Gasteiger partial charge in [0.15, 0.2) is 0 Å². The maximum atomic E-state index is 12.1. The van der Waals surface area contributed by atoms with Crippen molar-refractivity contribution in [2.24, 2.45) is 0 Å². The molecule has 0 spiro atoms. The van der Waals surface area contributed by atoms with Crippen LogP contribution in [-0.2, 0) is 4.79 Å². The molecule has 2 fully saturated rings. The van der Waals surface area contributed by atoms with E-state index in [2.05, 4.69) is 15.5 Å². The van der Waals surface area contributed by atoms with Gasteiger partial charge >= 0.3 is 6.03 Å². The zero-order valence-electron chi connectivity index (χ0n) is 14.2. The van der Waals surface area contributed by atoms with E-state index in [-0.39, 0.29) is 11.9 Å². The Morgan fingerprint density at radius 1 is 1.25 bits per heavy atom. The lowest BCUT2D eigenvalue weighted by Crippen LogP contribution is -2.40. The summed E-state index contributed by atoms with van der Waals surface area (Å²) in [6.45, 7) is 3.84. The van der Waals surface area contributed by atoms with Crippen LogP contribution in [0.1, 0.15) is 64.2 Å². The van der Waals surface area contributed by atoms with Crippen LogP contribution < -0.4 is 5.32 Å². The highest BCUT2D eigenvalue weighted by molar-refractivity contribution is 7.99. The van der Waals surface area contributed by atoms with Crippen molar-refractivity contribution in [3.63, 3.8) is 0 Å². The predicted molar refractivity (Wildman–Crippen MR) is 89.8 cm³/mol. The Morgan fingerprint density at radius 2 is 2.00 bits per heavy atom. The quantitative estimate of drug-likeness (QED) is 0.481. The van der Waals surface area contributed by atoms with Crippen LogP contribution in [0.25, 0.3) is 0 Å². The van der Waals surface area contributed by atoms with Crippen LogP contribution in [0.15, 0.2) is 9.64 Å². The minimum absolute atomic E-state index is 0.171. The Morgan fingerprint density at radius 3 is 2.67 bits per heavy atom. The molecule has 8 heteroatoms. The number of urea groups is 1. The van der Waals surface area contributed by atoms with Gasteiger partial charge in [-0.1, -0.05) is 31.0 Å². The second-order valence-electron chi connectivity index (χ2n) is 6.96. The molecular formula is C16H24N4O3S. The van der Waals surface area contributed by atoms with Crippen molar-refractivity contribution in [3.8, 4) is 0 Å². The first kappa shape index (κ1) is 17.3. The average molecular weight is 352 g/mol. The van der Waals surface area contributed by atoms with Gasteiger partial charge in [0.25, 0.3) is 11.1 Å². The van der Waals surface area contributed by atoms with Crippen LogP contribution in [0, 0.1) is 0 Å². The molecule has 0 aromatic carbocycles. The molecule has 24 heavy (non-hydrogen) atoms. The van der Waals surface area contributed by atoms with E-state index in [0.717, 1.165) is 24.5 Å². The average Bonchev–Trinajstić information content (AvgIpc) is 3.10. The Hall–Kier alpha value is -1.57. The summed E-state index contributed by atoms with van der Waals surface area (Å²) in [6, 6.07) is -0.313. The van der Waals surface area contributed by atoms with E-state index in [1.165, 1.54) is 35.9 Å². The van der Waals surface area contributed by atoms with Crippen LogP contribution in [0.5, 0.6) is 0 Å². The molecular weight excluding hydrogens is 328 g/mol. The first-order chi connectivity index (χ1) is 11.5. The number of rotatable bonds is 6. The molecule has 1 aromatic heterocycles. The predicted octanol–water partition coefficient (Wildman–Crippen LogP) is 2.93. The minimum atomic E-state index is -0.800. The number of hydrogen-bond acceptors (Lipinski definition) is 6. The fourth-order valence-electron chi connectivity index (χ4n) is 3.20. The monoisotopic (exact) mass is 352 g/mol. The zero-order chi connectivity index (χ0) is 17.2. The molecule has 1 saturated carbocycles. The highest BCUT2D eigenvalue weighted by Crippen LogP contribution is 2.33. The summed E-state index contributed by atoms with van der Waals surface area (Å²) in [6.07, 6.45) is 6.73. The second kappa shape index (κ2) is 7.13. The third-order valence-corrected chi connectivity index (χ3v) is 5.48. The van der Waals surface area contributed by atoms with E-state index in [4.69, 9.17) is 4.42 Å². The summed E-state index contributed by atoms with van der Waals surface area (Å²) in [7, 11) is 0. The van der Waals surface area contributed by atoms with Crippen LogP contribution in [-0.4, -0.2) is 44.9 Å². The van der Waals surface area contributed by atoms with Gasteiger partial charge in [-0.25, -0.2) is 4.79 Å². The molecule has 2 aliphatic rings. The molecule has 1 saturated heterocycles. The largest absolute Gasteiger partial charge is 0.416 e. The standard InChI is InChI=1S/C16H24N4O3S/c1-16(2)13(21)20(14(22)17-16)9-6-10-24-15-19-18-12(23-15)11-7-4-3-5-8-11/h11H,3-10H2,1-2H3,(H,17,22). The van der Waals surface area contributed by atoms with Crippen LogP contribution in [0.2, 0.25) is 0 Å². The molecule has 7 nitrogen and oxygen atoms in total. The molecule has 3 rings (SSSR count). The molecule has 1 aromatic rings. The van der Waals surface area contributed by atoms with Gasteiger partial charge < -0.3 is 9.73 Å². The zero-order valence-corrected chi connectivity index (χ0v) is 15.0. The van der Waals surface area contributed by atoms with E-state index >= 15 is 0 Å². The number of nitrogens with zero attached hydrogens (tertiary/aromatic N) is 3.